The Balaban J connectivity index is 1.71. The monoisotopic (exact) mass is 366 g/mol. The molecular formula is C20H19FN4O2. The first-order valence-corrected chi connectivity index (χ1v) is 8.82. The Labute approximate surface area is 156 Å². The molecule has 1 N–H and O–H groups in total. The van der Waals surface area contributed by atoms with Crippen LogP contribution in [0.4, 0.5) is 16.0 Å². The molecule has 1 amide bonds. The van der Waals surface area contributed by atoms with E-state index in [0.29, 0.717) is 22.9 Å². The molecule has 0 radical (unpaired) electrons. The number of nitrogens with zero attached hydrogens (tertiary/aromatic N) is 3. The van der Waals surface area contributed by atoms with E-state index >= 15 is 0 Å². The van der Waals surface area contributed by atoms with Gasteiger partial charge in [0.1, 0.15) is 11.6 Å². The van der Waals surface area contributed by atoms with Gasteiger partial charge in [0.15, 0.2) is 11.6 Å². The Bertz CT molecular complexity index is 1000. The van der Waals surface area contributed by atoms with Gasteiger partial charge in [0.05, 0.1) is 23.7 Å². The van der Waals surface area contributed by atoms with Gasteiger partial charge in [-0.15, -0.1) is 0 Å². The minimum atomic E-state index is -0.650. The molecule has 4 rings (SSSR count). The van der Waals surface area contributed by atoms with Crippen LogP contribution in [-0.2, 0) is 0 Å². The van der Waals surface area contributed by atoms with E-state index in [2.05, 4.69) is 20.2 Å². The maximum absolute atomic E-state index is 14.3. The first-order valence-electron chi connectivity index (χ1n) is 8.82. The van der Waals surface area contributed by atoms with Crippen LogP contribution >= 0.6 is 0 Å². The van der Waals surface area contributed by atoms with Crippen molar-refractivity contribution in [2.24, 2.45) is 0 Å². The van der Waals surface area contributed by atoms with E-state index in [1.54, 1.807) is 6.07 Å². The first kappa shape index (κ1) is 17.2. The fraction of sp³-hybridized carbons (Fsp3) is 0.250. The lowest BCUT2D eigenvalue weighted by Crippen LogP contribution is -2.23. The Kier molecular flexibility index (Phi) is 4.58. The van der Waals surface area contributed by atoms with Crippen molar-refractivity contribution in [3.63, 3.8) is 0 Å². The summed E-state index contributed by atoms with van der Waals surface area (Å²) in [6.45, 7) is 1.71. The predicted molar refractivity (Wildman–Crippen MR) is 102 cm³/mol. The summed E-state index contributed by atoms with van der Waals surface area (Å²) < 4.78 is 19.2. The summed E-state index contributed by atoms with van der Waals surface area (Å²) in [6, 6.07) is 11.6. The highest BCUT2D eigenvalue weighted by Crippen LogP contribution is 2.28. The lowest BCUT2D eigenvalue weighted by atomic mass is 10.2. The summed E-state index contributed by atoms with van der Waals surface area (Å²) in [7, 11) is 1.45. The molecule has 0 spiro atoms. The minimum Gasteiger partial charge on any atom is -0.497 e. The molecule has 1 aromatic heterocycles. The van der Waals surface area contributed by atoms with Crippen molar-refractivity contribution in [3.05, 3.63) is 53.8 Å². The molecule has 6 nitrogen and oxygen atoms in total. The normalized spacial score (nSPS) is 13.8. The van der Waals surface area contributed by atoms with E-state index in [4.69, 9.17) is 4.74 Å². The molecule has 0 bridgehead atoms. The number of carbonyl (C=O) groups is 1. The number of para-hydroxylation sites is 2. The van der Waals surface area contributed by atoms with Crippen molar-refractivity contribution in [2.45, 2.75) is 12.8 Å². The maximum atomic E-state index is 14.3. The highest BCUT2D eigenvalue weighted by Gasteiger charge is 2.22. The molecule has 0 saturated carbocycles. The zero-order chi connectivity index (χ0) is 18.8. The van der Waals surface area contributed by atoms with Crippen LogP contribution in [0.2, 0.25) is 0 Å². The number of methoxy groups -OCH3 is 1. The van der Waals surface area contributed by atoms with Gasteiger partial charge >= 0.3 is 0 Å². The Morgan fingerprint density at radius 3 is 2.48 bits per heavy atom. The Hall–Kier alpha value is -3.22. The second kappa shape index (κ2) is 7.19. The second-order valence-corrected chi connectivity index (χ2v) is 6.38. The quantitative estimate of drug-likeness (QED) is 0.764. The van der Waals surface area contributed by atoms with Gasteiger partial charge < -0.3 is 15.0 Å². The Morgan fingerprint density at radius 1 is 1.11 bits per heavy atom. The molecule has 7 heteroatoms. The van der Waals surface area contributed by atoms with Crippen molar-refractivity contribution in [1.29, 1.82) is 0 Å². The molecule has 1 aliphatic rings. The zero-order valence-corrected chi connectivity index (χ0v) is 14.9. The van der Waals surface area contributed by atoms with Gasteiger partial charge in [0.2, 0.25) is 0 Å². The smallest absolute Gasteiger partial charge is 0.259 e. The molecule has 1 saturated heterocycles. The summed E-state index contributed by atoms with van der Waals surface area (Å²) in [5, 5.41) is 2.74. The van der Waals surface area contributed by atoms with Gasteiger partial charge in [-0.1, -0.05) is 12.1 Å². The van der Waals surface area contributed by atoms with Gasteiger partial charge in [-0.25, -0.2) is 14.4 Å². The van der Waals surface area contributed by atoms with E-state index in [9.17, 15) is 9.18 Å². The number of fused-ring (bicyclic) bond motifs is 1. The lowest BCUT2D eigenvalue weighted by molar-refractivity contribution is 0.102. The minimum absolute atomic E-state index is 0.0712. The van der Waals surface area contributed by atoms with Gasteiger partial charge in [0.25, 0.3) is 5.91 Å². The van der Waals surface area contributed by atoms with Gasteiger partial charge in [-0.3, -0.25) is 4.79 Å². The molecular weight excluding hydrogens is 347 g/mol. The third-order valence-electron chi connectivity index (χ3n) is 4.61. The number of hydrogen-bond acceptors (Lipinski definition) is 5. The first-order chi connectivity index (χ1) is 13.2. The molecule has 0 atom stereocenters. The van der Waals surface area contributed by atoms with Crippen molar-refractivity contribution in [3.8, 4) is 5.75 Å². The SMILES string of the molecule is COc1ccc(C(=O)Nc2nc3ccccc3nc2N2CCCC2)c(F)c1. The molecule has 1 fully saturated rings. The standard InChI is InChI=1S/C20H19FN4O2/c1-27-13-8-9-14(15(21)12-13)20(26)24-18-19(25-10-4-5-11-25)23-17-7-3-2-6-16(17)22-18/h2-3,6-9,12H,4-5,10-11H2,1H3,(H,22,24,26). The molecule has 138 valence electrons. The van der Waals surface area contributed by atoms with Crippen LogP contribution in [0.3, 0.4) is 0 Å². The zero-order valence-electron chi connectivity index (χ0n) is 14.9. The molecule has 27 heavy (non-hydrogen) atoms. The molecule has 0 aliphatic carbocycles. The second-order valence-electron chi connectivity index (χ2n) is 6.38. The third kappa shape index (κ3) is 3.40. The van der Waals surface area contributed by atoms with Crippen molar-refractivity contribution < 1.29 is 13.9 Å². The number of halogens is 1. The van der Waals surface area contributed by atoms with Crippen LogP contribution in [0.25, 0.3) is 11.0 Å². The molecule has 2 heterocycles. The number of carbonyl (C=O) groups excluding carboxylic acids is 1. The van der Waals surface area contributed by atoms with Crippen molar-refractivity contribution >= 4 is 28.6 Å². The van der Waals surface area contributed by atoms with Gasteiger partial charge in [0, 0.05) is 19.2 Å². The number of hydrogen-bond donors (Lipinski definition) is 1. The van der Waals surface area contributed by atoms with Crippen LogP contribution < -0.4 is 15.0 Å². The van der Waals surface area contributed by atoms with Crippen LogP contribution in [0.5, 0.6) is 5.75 Å². The summed E-state index contributed by atoms with van der Waals surface area (Å²) in [5.74, 6) is 0.0973. The van der Waals surface area contributed by atoms with Crippen molar-refractivity contribution in [2.75, 3.05) is 30.4 Å². The van der Waals surface area contributed by atoms with Crippen LogP contribution in [-0.4, -0.2) is 36.1 Å². The number of amides is 1. The number of benzene rings is 2. The molecule has 2 aromatic carbocycles. The topological polar surface area (TPSA) is 67.3 Å². The summed E-state index contributed by atoms with van der Waals surface area (Å²) in [6.07, 6.45) is 2.13. The number of anilines is 2. The largest absolute Gasteiger partial charge is 0.497 e. The van der Waals surface area contributed by atoms with Gasteiger partial charge in [-0.05, 0) is 37.1 Å². The molecule has 3 aromatic rings. The number of nitrogens with one attached hydrogen (secondary N) is 1. The van der Waals surface area contributed by atoms with E-state index in [1.807, 2.05) is 24.3 Å². The average Bonchev–Trinajstić information content (AvgIpc) is 3.21. The summed E-state index contributed by atoms with van der Waals surface area (Å²) >= 11 is 0. The number of aromatic nitrogens is 2. The van der Waals surface area contributed by atoms with Crippen LogP contribution in [0.1, 0.15) is 23.2 Å². The van der Waals surface area contributed by atoms with E-state index in [0.717, 1.165) is 31.4 Å². The highest BCUT2D eigenvalue weighted by molar-refractivity contribution is 6.05. The van der Waals surface area contributed by atoms with Crippen LogP contribution in [0.15, 0.2) is 42.5 Å². The fourth-order valence-electron chi connectivity index (χ4n) is 3.21. The lowest BCUT2D eigenvalue weighted by Gasteiger charge is -2.20. The highest BCUT2D eigenvalue weighted by atomic mass is 19.1. The van der Waals surface area contributed by atoms with Crippen molar-refractivity contribution in [1.82, 2.24) is 9.97 Å². The van der Waals surface area contributed by atoms with E-state index < -0.39 is 11.7 Å². The molecule has 0 unspecified atom stereocenters. The molecule has 1 aliphatic heterocycles. The van der Waals surface area contributed by atoms with E-state index in [-0.39, 0.29) is 5.56 Å². The summed E-state index contributed by atoms with van der Waals surface area (Å²) in [5.41, 5.74) is 1.36. The third-order valence-corrected chi connectivity index (χ3v) is 4.61. The number of rotatable bonds is 4. The maximum Gasteiger partial charge on any atom is 0.259 e. The summed E-state index contributed by atoms with van der Waals surface area (Å²) in [4.78, 5) is 24.0. The Morgan fingerprint density at radius 2 is 1.81 bits per heavy atom. The van der Waals surface area contributed by atoms with Gasteiger partial charge in [-0.2, -0.15) is 0 Å². The predicted octanol–water partition coefficient (Wildman–Crippen LogP) is 3.63. The van der Waals surface area contributed by atoms with E-state index in [1.165, 1.54) is 19.2 Å². The fourth-order valence-corrected chi connectivity index (χ4v) is 3.21. The number of ether oxygens (including phenoxy) is 1. The average molecular weight is 366 g/mol. The van der Waals surface area contributed by atoms with Crippen LogP contribution in [0, 0.1) is 5.82 Å².